The molecule has 0 atom stereocenters. The molecular formula is C21H17N5O2. The summed E-state index contributed by atoms with van der Waals surface area (Å²) in [5.41, 5.74) is 2.28. The number of fused-ring (bicyclic) bond motifs is 1. The number of H-pyrrole nitrogens is 1. The van der Waals surface area contributed by atoms with Crippen LogP contribution < -0.4 is 5.32 Å². The Kier molecular flexibility index (Phi) is 4.55. The number of rotatable bonds is 4. The Labute approximate surface area is 160 Å². The molecule has 0 aliphatic carbocycles. The van der Waals surface area contributed by atoms with Crippen LogP contribution in [0.1, 0.15) is 16.1 Å². The molecule has 0 saturated carbocycles. The van der Waals surface area contributed by atoms with Crippen molar-refractivity contribution < 1.29 is 9.90 Å². The molecule has 0 aliphatic rings. The Morgan fingerprint density at radius 3 is 2.64 bits per heavy atom. The zero-order chi connectivity index (χ0) is 19.5. The van der Waals surface area contributed by atoms with Gasteiger partial charge in [0.15, 0.2) is 5.69 Å². The second kappa shape index (κ2) is 7.32. The molecule has 0 aliphatic heterocycles. The van der Waals surface area contributed by atoms with Crippen molar-refractivity contribution in [1.82, 2.24) is 9.97 Å². The Morgan fingerprint density at radius 2 is 1.82 bits per heavy atom. The third kappa shape index (κ3) is 3.45. The average molecular weight is 371 g/mol. The molecule has 138 valence electrons. The minimum absolute atomic E-state index is 0.00337. The van der Waals surface area contributed by atoms with E-state index in [1.54, 1.807) is 12.1 Å². The number of amides is 1. The van der Waals surface area contributed by atoms with Crippen molar-refractivity contribution in [1.29, 1.82) is 0 Å². The fourth-order valence-corrected chi connectivity index (χ4v) is 2.81. The number of hydrogen-bond donors (Lipinski definition) is 3. The summed E-state index contributed by atoms with van der Waals surface area (Å²) in [6.45, 7) is 1.97. The first kappa shape index (κ1) is 17.4. The van der Waals surface area contributed by atoms with Gasteiger partial charge in [0, 0.05) is 11.1 Å². The lowest BCUT2D eigenvalue weighted by Crippen LogP contribution is -2.12. The number of nitrogens with one attached hydrogen (secondary N) is 2. The summed E-state index contributed by atoms with van der Waals surface area (Å²) in [5.74, 6) is -0.238. The molecule has 7 nitrogen and oxygen atoms in total. The molecule has 0 fully saturated rings. The Hall–Kier alpha value is -4.00. The first-order chi connectivity index (χ1) is 13.6. The highest BCUT2D eigenvalue weighted by atomic mass is 16.3. The van der Waals surface area contributed by atoms with E-state index in [2.05, 4.69) is 25.5 Å². The average Bonchev–Trinajstić information content (AvgIpc) is 3.18. The summed E-state index contributed by atoms with van der Waals surface area (Å²) >= 11 is 0. The number of phenolic OH excluding ortho intramolecular Hbond substituents is 1. The van der Waals surface area contributed by atoms with Crippen LogP contribution in [0.2, 0.25) is 0 Å². The number of azo groups is 1. The van der Waals surface area contributed by atoms with Gasteiger partial charge >= 0.3 is 0 Å². The van der Waals surface area contributed by atoms with E-state index < -0.39 is 0 Å². The summed E-state index contributed by atoms with van der Waals surface area (Å²) in [4.78, 5) is 19.4. The molecule has 0 radical (unpaired) electrons. The van der Waals surface area contributed by atoms with Crippen molar-refractivity contribution in [3.63, 3.8) is 0 Å². The summed E-state index contributed by atoms with van der Waals surface area (Å²) in [7, 11) is 0. The quantitative estimate of drug-likeness (QED) is 0.427. The first-order valence-corrected chi connectivity index (χ1v) is 8.65. The van der Waals surface area contributed by atoms with Gasteiger partial charge in [-0.05, 0) is 30.5 Å². The van der Waals surface area contributed by atoms with Crippen molar-refractivity contribution in [3.8, 4) is 5.75 Å². The molecule has 1 amide bonds. The number of aromatic amines is 1. The molecule has 0 spiro atoms. The molecule has 1 aromatic heterocycles. The number of carbonyl (C=O) groups is 1. The molecule has 3 aromatic carbocycles. The van der Waals surface area contributed by atoms with E-state index in [0.717, 1.165) is 16.3 Å². The lowest BCUT2D eigenvalue weighted by molar-refractivity contribution is 0.102. The summed E-state index contributed by atoms with van der Waals surface area (Å²) < 4.78 is 0. The van der Waals surface area contributed by atoms with Gasteiger partial charge in [-0.25, -0.2) is 4.98 Å². The molecule has 28 heavy (non-hydrogen) atoms. The predicted octanol–water partition coefficient (Wildman–Crippen LogP) is 5.24. The van der Waals surface area contributed by atoms with E-state index in [1.165, 1.54) is 6.33 Å². The van der Waals surface area contributed by atoms with E-state index >= 15 is 0 Å². The van der Waals surface area contributed by atoms with E-state index in [1.807, 2.05) is 55.5 Å². The van der Waals surface area contributed by atoms with Crippen LogP contribution in [0.25, 0.3) is 10.8 Å². The summed E-state index contributed by atoms with van der Waals surface area (Å²) in [5, 5.41) is 22.9. The SMILES string of the molecule is Cc1ccc(NC(=O)c2[nH]cnc2N=Nc2c(O)ccc3ccccc23)cc1. The topological polar surface area (TPSA) is 103 Å². The van der Waals surface area contributed by atoms with E-state index in [0.29, 0.717) is 11.4 Å². The number of nitrogens with zero attached hydrogens (tertiary/aromatic N) is 3. The highest BCUT2D eigenvalue weighted by molar-refractivity contribution is 6.05. The third-order valence-corrected chi connectivity index (χ3v) is 4.28. The monoisotopic (exact) mass is 371 g/mol. The number of aromatic nitrogens is 2. The van der Waals surface area contributed by atoms with Crippen LogP contribution in [0.4, 0.5) is 17.2 Å². The van der Waals surface area contributed by atoms with Crippen molar-refractivity contribution in [2.45, 2.75) is 6.92 Å². The standard InChI is InChI=1S/C21H17N5O2/c1-13-6-9-15(10-7-13)24-21(28)19-20(23-12-22-19)26-25-18-16-5-3-2-4-14(16)8-11-17(18)27/h2-12,27H,1H3,(H,22,23)(H,24,28). The minimum Gasteiger partial charge on any atom is -0.506 e. The number of aryl methyl sites for hydroxylation is 1. The maximum atomic E-state index is 12.5. The normalized spacial score (nSPS) is 11.2. The van der Waals surface area contributed by atoms with Gasteiger partial charge in [0.2, 0.25) is 5.82 Å². The molecule has 4 rings (SSSR count). The maximum absolute atomic E-state index is 12.5. The number of aromatic hydroxyl groups is 1. The van der Waals surface area contributed by atoms with Crippen LogP contribution in [0.3, 0.4) is 0 Å². The van der Waals surface area contributed by atoms with E-state index in [4.69, 9.17) is 0 Å². The second-order valence-corrected chi connectivity index (χ2v) is 6.28. The summed E-state index contributed by atoms with van der Waals surface area (Å²) in [6.07, 6.45) is 1.38. The summed E-state index contributed by atoms with van der Waals surface area (Å²) in [6, 6.07) is 18.3. The highest BCUT2D eigenvalue weighted by Gasteiger charge is 2.15. The third-order valence-electron chi connectivity index (χ3n) is 4.28. The van der Waals surface area contributed by atoms with Crippen molar-refractivity contribution in [2.24, 2.45) is 10.2 Å². The van der Waals surface area contributed by atoms with Gasteiger partial charge in [0.1, 0.15) is 11.4 Å². The molecule has 3 N–H and O–H groups in total. The minimum atomic E-state index is -0.377. The van der Waals surface area contributed by atoms with Crippen LogP contribution in [-0.2, 0) is 0 Å². The van der Waals surface area contributed by atoms with Crippen molar-refractivity contribution in [3.05, 3.63) is 78.2 Å². The van der Waals surface area contributed by atoms with Gasteiger partial charge in [0.05, 0.1) is 6.33 Å². The largest absolute Gasteiger partial charge is 0.506 e. The number of phenols is 1. The van der Waals surface area contributed by atoms with Gasteiger partial charge in [-0.2, -0.15) is 0 Å². The van der Waals surface area contributed by atoms with Gasteiger partial charge < -0.3 is 15.4 Å². The zero-order valence-corrected chi connectivity index (χ0v) is 15.0. The Morgan fingerprint density at radius 1 is 1.04 bits per heavy atom. The van der Waals surface area contributed by atoms with Crippen LogP contribution in [-0.4, -0.2) is 21.0 Å². The van der Waals surface area contributed by atoms with Crippen LogP contribution >= 0.6 is 0 Å². The smallest absolute Gasteiger partial charge is 0.276 e. The zero-order valence-electron chi connectivity index (χ0n) is 15.0. The van der Waals surface area contributed by atoms with Crippen LogP contribution in [0.15, 0.2) is 77.2 Å². The lowest BCUT2D eigenvalue weighted by Gasteiger charge is -2.05. The van der Waals surface area contributed by atoms with Crippen molar-refractivity contribution >= 4 is 33.9 Å². The molecule has 7 heteroatoms. The van der Waals surface area contributed by atoms with Gasteiger partial charge in [0.25, 0.3) is 5.91 Å². The molecule has 4 aromatic rings. The molecular weight excluding hydrogens is 354 g/mol. The van der Waals surface area contributed by atoms with E-state index in [-0.39, 0.29) is 23.2 Å². The van der Waals surface area contributed by atoms with Crippen LogP contribution in [0, 0.1) is 6.92 Å². The van der Waals surface area contributed by atoms with Gasteiger partial charge in [-0.1, -0.05) is 48.0 Å². The van der Waals surface area contributed by atoms with Gasteiger partial charge in [-0.3, -0.25) is 4.79 Å². The fourth-order valence-electron chi connectivity index (χ4n) is 2.81. The molecule has 0 bridgehead atoms. The number of benzene rings is 3. The van der Waals surface area contributed by atoms with Gasteiger partial charge in [-0.15, -0.1) is 10.2 Å². The van der Waals surface area contributed by atoms with Crippen LogP contribution in [0.5, 0.6) is 5.75 Å². The fraction of sp³-hybridized carbons (Fsp3) is 0.0476. The highest BCUT2D eigenvalue weighted by Crippen LogP contribution is 2.36. The molecule has 0 unspecified atom stereocenters. The van der Waals surface area contributed by atoms with E-state index in [9.17, 15) is 9.90 Å². The Balaban J connectivity index is 1.62. The molecule has 1 heterocycles. The number of carbonyl (C=O) groups excluding carboxylic acids is 1. The number of anilines is 1. The predicted molar refractivity (Wildman–Crippen MR) is 108 cm³/mol. The number of hydrogen-bond acceptors (Lipinski definition) is 5. The molecule has 0 saturated heterocycles. The maximum Gasteiger partial charge on any atom is 0.276 e. The lowest BCUT2D eigenvalue weighted by atomic mass is 10.1. The Bertz CT molecular complexity index is 1180. The number of imidazole rings is 1. The van der Waals surface area contributed by atoms with Crippen molar-refractivity contribution in [2.75, 3.05) is 5.32 Å². The second-order valence-electron chi connectivity index (χ2n) is 6.28. The first-order valence-electron chi connectivity index (χ1n) is 8.65.